The molecule has 14 heavy (non-hydrogen) atoms. The van der Waals surface area contributed by atoms with Gasteiger partial charge in [0.2, 0.25) is 0 Å². The Balaban J connectivity index is 3.06. The number of aromatic amines is 1. The van der Waals surface area contributed by atoms with Crippen molar-refractivity contribution in [3.8, 4) is 0 Å². The first-order valence-corrected chi connectivity index (χ1v) is 5.13. The molecule has 0 spiro atoms. The van der Waals surface area contributed by atoms with Crippen molar-refractivity contribution < 1.29 is 0 Å². The minimum Gasteiger partial charge on any atom is -0.334 e. The van der Waals surface area contributed by atoms with E-state index >= 15 is 0 Å². The predicted octanol–water partition coefficient (Wildman–Crippen LogP) is 1.16. The maximum Gasteiger partial charge on any atom is 0.254 e. The summed E-state index contributed by atoms with van der Waals surface area (Å²) >= 11 is 5.06. The fourth-order valence-corrected chi connectivity index (χ4v) is 1.52. The Morgan fingerprint density at radius 1 is 1.64 bits per heavy atom. The summed E-state index contributed by atoms with van der Waals surface area (Å²) in [5, 5.41) is 0. The molecule has 1 aromatic heterocycles. The molecule has 3 N–H and O–H groups in total. The summed E-state index contributed by atoms with van der Waals surface area (Å²) in [6.07, 6.45) is 2.00. The van der Waals surface area contributed by atoms with Gasteiger partial charge in [0.1, 0.15) is 0 Å². The molecule has 0 bridgehead atoms. The zero-order chi connectivity index (χ0) is 10.6. The molecule has 0 fully saturated rings. The Bertz CT molecular complexity index is 376. The zero-order valence-electron chi connectivity index (χ0n) is 8.25. The summed E-state index contributed by atoms with van der Waals surface area (Å²) in [7, 11) is 0. The van der Waals surface area contributed by atoms with Gasteiger partial charge in [-0.15, -0.1) is 0 Å². The van der Waals surface area contributed by atoms with Gasteiger partial charge in [-0.1, -0.05) is 13.3 Å². The van der Waals surface area contributed by atoms with Crippen LogP contribution in [0.4, 0.5) is 0 Å². The molecular formula is C9H15N3OS. The van der Waals surface area contributed by atoms with Gasteiger partial charge in [-0.25, -0.2) is 0 Å². The highest BCUT2D eigenvalue weighted by molar-refractivity contribution is 7.71. The van der Waals surface area contributed by atoms with Crippen molar-refractivity contribution >= 4 is 12.2 Å². The molecule has 0 aromatic carbocycles. The molecule has 0 atom stereocenters. The number of nitrogens with one attached hydrogen (secondary N) is 1. The number of unbranched alkanes of at least 4 members (excludes halogenated alkanes) is 1. The Hall–Kier alpha value is -0.940. The highest BCUT2D eigenvalue weighted by Crippen LogP contribution is 1.94. The molecule has 0 amide bonds. The second-order valence-corrected chi connectivity index (χ2v) is 3.53. The van der Waals surface area contributed by atoms with Crippen molar-refractivity contribution in [2.75, 3.05) is 0 Å². The van der Waals surface area contributed by atoms with E-state index in [2.05, 4.69) is 11.9 Å². The van der Waals surface area contributed by atoms with Gasteiger partial charge in [0.15, 0.2) is 4.77 Å². The van der Waals surface area contributed by atoms with Crippen LogP contribution in [-0.2, 0) is 13.1 Å². The third-order valence-electron chi connectivity index (χ3n) is 2.03. The van der Waals surface area contributed by atoms with Gasteiger partial charge in [0, 0.05) is 24.8 Å². The van der Waals surface area contributed by atoms with Crippen LogP contribution in [0.1, 0.15) is 25.5 Å². The zero-order valence-corrected chi connectivity index (χ0v) is 9.06. The molecule has 78 valence electrons. The van der Waals surface area contributed by atoms with Crippen LogP contribution in [0.2, 0.25) is 0 Å². The van der Waals surface area contributed by atoms with E-state index in [1.807, 2.05) is 0 Å². The van der Waals surface area contributed by atoms with Crippen molar-refractivity contribution in [2.24, 2.45) is 5.73 Å². The van der Waals surface area contributed by atoms with E-state index in [4.69, 9.17) is 18.0 Å². The summed E-state index contributed by atoms with van der Waals surface area (Å²) < 4.78 is 2.03. The van der Waals surface area contributed by atoms with E-state index in [9.17, 15) is 4.79 Å². The lowest BCUT2D eigenvalue weighted by Crippen LogP contribution is -2.23. The molecule has 5 heteroatoms. The molecule has 1 aromatic rings. The summed E-state index contributed by atoms with van der Waals surface area (Å²) in [5.41, 5.74) is 6.03. The SMILES string of the molecule is CCCCn1c(=O)cc(CN)[nH]c1=S. The van der Waals surface area contributed by atoms with E-state index in [1.165, 1.54) is 6.07 Å². The van der Waals surface area contributed by atoms with Crippen molar-refractivity contribution in [1.82, 2.24) is 9.55 Å². The molecule has 4 nitrogen and oxygen atoms in total. The van der Waals surface area contributed by atoms with E-state index in [1.54, 1.807) is 4.57 Å². The first-order chi connectivity index (χ1) is 6.69. The Morgan fingerprint density at radius 3 is 2.86 bits per heavy atom. The van der Waals surface area contributed by atoms with Crippen molar-refractivity contribution in [1.29, 1.82) is 0 Å². The number of nitrogens with two attached hydrogens (primary N) is 1. The minimum atomic E-state index is -0.0670. The largest absolute Gasteiger partial charge is 0.334 e. The highest BCUT2D eigenvalue weighted by atomic mass is 32.1. The van der Waals surface area contributed by atoms with Gasteiger partial charge in [-0.3, -0.25) is 9.36 Å². The summed E-state index contributed by atoms with van der Waals surface area (Å²) in [6.45, 7) is 3.06. The van der Waals surface area contributed by atoms with Gasteiger partial charge in [-0.2, -0.15) is 0 Å². The number of hydrogen-bond donors (Lipinski definition) is 2. The van der Waals surface area contributed by atoms with Crippen molar-refractivity contribution in [3.63, 3.8) is 0 Å². The smallest absolute Gasteiger partial charge is 0.254 e. The van der Waals surface area contributed by atoms with Gasteiger partial charge in [0.05, 0.1) is 0 Å². The first kappa shape index (κ1) is 11.1. The maximum atomic E-state index is 11.5. The molecule has 0 aliphatic heterocycles. The number of H-pyrrole nitrogens is 1. The van der Waals surface area contributed by atoms with Crippen LogP contribution in [-0.4, -0.2) is 9.55 Å². The van der Waals surface area contributed by atoms with E-state index in [0.717, 1.165) is 12.8 Å². The molecule has 1 rings (SSSR count). The number of nitrogens with zero attached hydrogens (tertiary/aromatic N) is 1. The van der Waals surface area contributed by atoms with Crippen LogP contribution in [0.5, 0.6) is 0 Å². The monoisotopic (exact) mass is 213 g/mol. The lowest BCUT2D eigenvalue weighted by molar-refractivity contribution is 0.591. The minimum absolute atomic E-state index is 0.0670. The van der Waals surface area contributed by atoms with Crippen LogP contribution >= 0.6 is 12.2 Å². The second kappa shape index (κ2) is 5.07. The predicted molar refractivity (Wildman–Crippen MR) is 58.7 cm³/mol. The average molecular weight is 213 g/mol. The van der Waals surface area contributed by atoms with Gasteiger partial charge >= 0.3 is 0 Å². The van der Waals surface area contributed by atoms with Crippen molar-refractivity contribution in [3.05, 3.63) is 26.9 Å². The Kier molecular flexibility index (Phi) is 4.03. The summed E-state index contributed by atoms with van der Waals surface area (Å²) in [5.74, 6) is 0. The summed E-state index contributed by atoms with van der Waals surface area (Å²) in [4.78, 5) is 14.5. The van der Waals surface area contributed by atoms with Gasteiger partial charge < -0.3 is 10.7 Å². The quantitative estimate of drug-likeness (QED) is 0.738. The number of rotatable bonds is 4. The Labute approximate surface area is 87.8 Å². The number of aromatic nitrogens is 2. The lowest BCUT2D eigenvalue weighted by Gasteiger charge is -2.05. The standard InChI is InChI=1S/C9H15N3OS/c1-2-3-4-12-8(13)5-7(6-10)11-9(12)14/h5H,2-4,6,10H2,1H3,(H,11,14). The Morgan fingerprint density at radius 2 is 2.36 bits per heavy atom. The van der Waals surface area contributed by atoms with Crippen LogP contribution in [0.15, 0.2) is 10.9 Å². The third kappa shape index (κ3) is 2.52. The molecular weight excluding hydrogens is 198 g/mol. The molecule has 0 unspecified atom stereocenters. The van der Waals surface area contributed by atoms with Crippen LogP contribution in [0.25, 0.3) is 0 Å². The molecule has 0 saturated heterocycles. The maximum absolute atomic E-state index is 11.5. The van der Waals surface area contributed by atoms with Crippen LogP contribution in [0.3, 0.4) is 0 Å². The fourth-order valence-electron chi connectivity index (χ4n) is 1.21. The first-order valence-electron chi connectivity index (χ1n) is 4.72. The molecule has 0 saturated carbocycles. The topological polar surface area (TPSA) is 63.8 Å². The molecule has 0 radical (unpaired) electrons. The van der Waals surface area contributed by atoms with Gasteiger partial charge in [0.25, 0.3) is 5.56 Å². The van der Waals surface area contributed by atoms with Crippen LogP contribution in [0, 0.1) is 4.77 Å². The summed E-state index contributed by atoms with van der Waals surface area (Å²) in [6, 6.07) is 1.51. The fraction of sp³-hybridized carbons (Fsp3) is 0.556. The lowest BCUT2D eigenvalue weighted by atomic mass is 10.3. The second-order valence-electron chi connectivity index (χ2n) is 3.15. The molecule has 0 aliphatic rings. The van der Waals surface area contributed by atoms with E-state index in [0.29, 0.717) is 23.6 Å². The average Bonchev–Trinajstić information content (AvgIpc) is 2.16. The third-order valence-corrected chi connectivity index (χ3v) is 2.35. The van der Waals surface area contributed by atoms with Crippen LogP contribution < -0.4 is 11.3 Å². The van der Waals surface area contributed by atoms with E-state index in [-0.39, 0.29) is 5.56 Å². The highest BCUT2D eigenvalue weighted by Gasteiger charge is 1.99. The van der Waals surface area contributed by atoms with Gasteiger partial charge in [-0.05, 0) is 18.6 Å². The van der Waals surface area contributed by atoms with E-state index < -0.39 is 0 Å². The normalized spacial score (nSPS) is 10.4. The van der Waals surface area contributed by atoms with Crippen molar-refractivity contribution in [2.45, 2.75) is 32.9 Å². The molecule has 0 aliphatic carbocycles. The number of hydrogen-bond acceptors (Lipinski definition) is 3. The molecule has 1 heterocycles.